The Labute approximate surface area is 143 Å². The van der Waals surface area contributed by atoms with E-state index in [1.807, 2.05) is 0 Å². The minimum absolute atomic E-state index is 0.00926. The third kappa shape index (κ3) is 4.23. The largest absolute Gasteiger partial charge is 0.480 e. The van der Waals surface area contributed by atoms with Crippen molar-refractivity contribution in [2.24, 2.45) is 5.92 Å². The summed E-state index contributed by atoms with van der Waals surface area (Å²) in [5, 5.41) is 18.9. The molecule has 0 aromatic heterocycles. The highest BCUT2D eigenvalue weighted by molar-refractivity contribution is 5.78. The number of aliphatic carboxylic acids is 1. The molecule has 0 aliphatic heterocycles. The molecule has 2 atom stereocenters. The van der Waals surface area contributed by atoms with Crippen molar-refractivity contribution < 1.29 is 29.4 Å². The van der Waals surface area contributed by atoms with E-state index >= 15 is 0 Å². The molecule has 0 fully saturated rings. The molecule has 25 heavy (non-hydrogen) atoms. The molecule has 8 heteroatoms. The van der Waals surface area contributed by atoms with E-state index in [1.54, 1.807) is 37.3 Å². The van der Waals surface area contributed by atoms with Crippen LogP contribution in [0.25, 0.3) is 0 Å². The number of allylic oxidation sites excluding steroid dienone is 2. The molecule has 8 nitrogen and oxygen atoms in total. The molecule has 1 N–H and O–H groups in total. The van der Waals surface area contributed by atoms with Crippen LogP contribution in [0, 0.1) is 16.0 Å². The van der Waals surface area contributed by atoms with Crippen molar-refractivity contribution in [3.63, 3.8) is 0 Å². The summed E-state index contributed by atoms with van der Waals surface area (Å²) >= 11 is 0. The summed E-state index contributed by atoms with van der Waals surface area (Å²) in [6.45, 7) is 2.73. The number of esters is 1. The first-order valence-corrected chi connectivity index (χ1v) is 7.42. The number of ether oxygens (including phenoxy) is 1. The Morgan fingerprint density at radius 3 is 2.64 bits per heavy atom. The van der Waals surface area contributed by atoms with Crippen LogP contribution < -0.4 is 0 Å². The highest BCUT2D eigenvalue weighted by Gasteiger charge is 2.34. The standard InChI is InChI=1S/C17H17NO7/c1-11(19)25-15-9-17(2,8-7-13(15)16(20)21)14-6-4-3-5-12(14)10-24-18(22)23/h3-9,13H,10H2,1-2H3,(H,20,21). The van der Waals surface area contributed by atoms with Gasteiger partial charge in [-0.1, -0.05) is 36.4 Å². The molecule has 2 rings (SSSR count). The zero-order valence-corrected chi connectivity index (χ0v) is 13.7. The second-order valence-electron chi connectivity index (χ2n) is 5.75. The van der Waals surface area contributed by atoms with Crippen LogP contribution in [0.1, 0.15) is 25.0 Å². The molecule has 0 spiro atoms. The Morgan fingerprint density at radius 1 is 1.36 bits per heavy atom. The number of carbonyl (C=O) groups is 2. The van der Waals surface area contributed by atoms with Crippen LogP contribution in [0.15, 0.2) is 48.3 Å². The third-order valence-electron chi connectivity index (χ3n) is 3.83. The Morgan fingerprint density at radius 2 is 2.04 bits per heavy atom. The van der Waals surface area contributed by atoms with Crippen molar-refractivity contribution in [1.29, 1.82) is 0 Å². The van der Waals surface area contributed by atoms with E-state index in [-0.39, 0.29) is 12.4 Å². The summed E-state index contributed by atoms with van der Waals surface area (Å²) in [6, 6.07) is 6.91. The van der Waals surface area contributed by atoms with Crippen LogP contribution in [-0.2, 0) is 31.2 Å². The molecule has 1 aromatic carbocycles. The topological polar surface area (TPSA) is 116 Å². The average molecular weight is 347 g/mol. The molecule has 1 aliphatic rings. The van der Waals surface area contributed by atoms with Gasteiger partial charge < -0.3 is 14.7 Å². The zero-order valence-electron chi connectivity index (χ0n) is 13.7. The Balaban J connectivity index is 2.45. The lowest BCUT2D eigenvalue weighted by Crippen LogP contribution is -2.28. The lowest BCUT2D eigenvalue weighted by molar-refractivity contribution is -0.763. The van der Waals surface area contributed by atoms with E-state index in [1.165, 1.54) is 19.1 Å². The minimum atomic E-state index is -1.14. The average Bonchev–Trinajstić information content (AvgIpc) is 2.52. The summed E-state index contributed by atoms with van der Waals surface area (Å²) in [7, 11) is 0. The Hall–Kier alpha value is -3.16. The van der Waals surface area contributed by atoms with E-state index in [0.717, 1.165) is 0 Å². The maximum Gasteiger partial charge on any atom is 0.318 e. The normalized spacial score (nSPS) is 22.0. The number of hydrogen-bond donors (Lipinski definition) is 1. The quantitative estimate of drug-likeness (QED) is 0.363. The van der Waals surface area contributed by atoms with E-state index in [0.29, 0.717) is 11.1 Å². The number of carbonyl (C=O) groups excluding carboxylic acids is 1. The fraction of sp³-hybridized carbons (Fsp3) is 0.294. The molecular formula is C17H17NO7. The van der Waals surface area contributed by atoms with Gasteiger partial charge in [0.1, 0.15) is 18.3 Å². The summed E-state index contributed by atoms with van der Waals surface area (Å²) in [4.78, 5) is 37.6. The van der Waals surface area contributed by atoms with Crippen molar-refractivity contribution in [2.45, 2.75) is 25.9 Å². The first-order chi connectivity index (χ1) is 11.7. The minimum Gasteiger partial charge on any atom is -0.480 e. The van der Waals surface area contributed by atoms with Gasteiger partial charge in [0, 0.05) is 12.3 Å². The van der Waals surface area contributed by atoms with Gasteiger partial charge in [-0.3, -0.25) is 9.59 Å². The summed E-state index contributed by atoms with van der Waals surface area (Å²) < 4.78 is 5.07. The second-order valence-corrected chi connectivity index (χ2v) is 5.75. The van der Waals surface area contributed by atoms with Crippen molar-refractivity contribution in [3.8, 4) is 0 Å². The van der Waals surface area contributed by atoms with Crippen molar-refractivity contribution in [3.05, 3.63) is 69.5 Å². The number of benzene rings is 1. The second kappa shape index (κ2) is 7.16. The smallest absolute Gasteiger partial charge is 0.318 e. The highest BCUT2D eigenvalue weighted by Crippen LogP contribution is 2.37. The van der Waals surface area contributed by atoms with Gasteiger partial charge in [-0.15, -0.1) is 10.1 Å². The van der Waals surface area contributed by atoms with Gasteiger partial charge >= 0.3 is 11.9 Å². The third-order valence-corrected chi connectivity index (χ3v) is 3.83. The van der Waals surface area contributed by atoms with Gasteiger partial charge in [0.05, 0.1) is 0 Å². The lowest BCUT2D eigenvalue weighted by atomic mass is 9.75. The summed E-state index contributed by atoms with van der Waals surface area (Å²) in [5.74, 6) is -2.83. The predicted octanol–water partition coefficient (Wildman–Crippen LogP) is 2.37. The van der Waals surface area contributed by atoms with Gasteiger partial charge in [-0.05, 0) is 24.1 Å². The molecule has 0 amide bonds. The summed E-state index contributed by atoms with van der Waals surface area (Å²) in [6.07, 6.45) is 4.65. The molecular weight excluding hydrogens is 330 g/mol. The number of rotatable bonds is 6. The van der Waals surface area contributed by atoms with Gasteiger partial charge in [0.15, 0.2) is 0 Å². The molecule has 1 aromatic rings. The summed E-state index contributed by atoms with van der Waals surface area (Å²) in [5.41, 5.74) is 0.438. The molecule has 0 heterocycles. The van der Waals surface area contributed by atoms with Crippen LogP contribution in [0.4, 0.5) is 0 Å². The molecule has 0 bridgehead atoms. The Kier molecular flexibility index (Phi) is 5.21. The van der Waals surface area contributed by atoms with E-state index < -0.39 is 28.4 Å². The van der Waals surface area contributed by atoms with Gasteiger partial charge in [-0.25, -0.2) is 0 Å². The molecule has 1 aliphatic carbocycles. The SMILES string of the molecule is CC(=O)OC1=CC(C)(c2ccccc2CO[N+](=O)[O-])C=CC1C(=O)O. The van der Waals surface area contributed by atoms with Crippen LogP contribution in [0.3, 0.4) is 0 Å². The molecule has 0 saturated carbocycles. The van der Waals surface area contributed by atoms with Crippen molar-refractivity contribution in [2.75, 3.05) is 0 Å². The molecule has 0 saturated heterocycles. The predicted molar refractivity (Wildman–Crippen MR) is 85.7 cm³/mol. The number of carboxylic acid groups (broad SMARTS) is 1. The maximum atomic E-state index is 11.4. The van der Waals surface area contributed by atoms with Crippen LogP contribution >= 0.6 is 0 Å². The van der Waals surface area contributed by atoms with E-state index in [9.17, 15) is 24.8 Å². The number of nitrogens with zero attached hydrogens (tertiary/aromatic N) is 1. The highest BCUT2D eigenvalue weighted by atomic mass is 16.9. The van der Waals surface area contributed by atoms with Gasteiger partial charge in [-0.2, -0.15) is 0 Å². The molecule has 132 valence electrons. The zero-order chi connectivity index (χ0) is 18.6. The van der Waals surface area contributed by atoms with Crippen LogP contribution in [0.2, 0.25) is 0 Å². The maximum absolute atomic E-state index is 11.4. The molecule has 2 unspecified atom stereocenters. The molecule has 0 radical (unpaired) electrons. The lowest BCUT2D eigenvalue weighted by Gasteiger charge is -2.31. The van der Waals surface area contributed by atoms with Gasteiger partial charge in [0.25, 0.3) is 5.09 Å². The van der Waals surface area contributed by atoms with Crippen LogP contribution in [-0.4, -0.2) is 22.1 Å². The van der Waals surface area contributed by atoms with Gasteiger partial charge in [0.2, 0.25) is 0 Å². The Bertz CT molecular complexity index is 768. The first kappa shape index (κ1) is 18.2. The van der Waals surface area contributed by atoms with Crippen molar-refractivity contribution >= 4 is 11.9 Å². The fourth-order valence-electron chi connectivity index (χ4n) is 2.75. The fourth-order valence-corrected chi connectivity index (χ4v) is 2.75. The van der Waals surface area contributed by atoms with Crippen molar-refractivity contribution in [1.82, 2.24) is 0 Å². The number of carboxylic acids is 1. The number of hydrogen-bond acceptors (Lipinski definition) is 6. The van der Waals surface area contributed by atoms with E-state index in [2.05, 4.69) is 4.84 Å². The van der Waals surface area contributed by atoms with Crippen LogP contribution in [0.5, 0.6) is 0 Å². The first-order valence-electron chi connectivity index (χ1n) is 7.42. The van der Waals surface area contributed by atoms with E-state index in [4.69, 9.17) is 4.74 Å². The monoisotopic (exact) mass is 347 g/mol.